The van der Waals surface area contributed by atoms with Crippen molar-refractivity contribution in [2.75, 3.05) is 6.61 Å². The van der Waals surface area contributed by atoms with Gasteiger partial charge in [0.1, 0.15) is 12.7 Å². The van der Waals surface area contributed by atoms with E-state index in [0.29, 0.717) is 0 Å². The highest BCUT2D eigenvalue weighted by molar-refractivity contribution is 5.90. The lowest BCUT2D eigenvalue weighted by Gasteiger charge is -2.42. The number of hydrogen-bond acceptors (Lipinski definition) is 9. The number of alkyl halides is 1. The van der Waals surface area contributed by atoms with Gasteiger partial charge in [0.15, 0.2) is 24.7 Å². The summed E-state index contributed by atoms with van der Waals surface area (Å²) in [6.07, 6.45) is -9.94. The number of aliphatic hydroxyl groups is 1. The van der Waals surface area contributed by atoms with Gasteiger partial charge in [-0.1, -0.05) is 54.6 Å². The molecule has 1 aliphatic heterocycles. The normalized spacial score (nSPS) is 23.3. The van der Waals surface area contributed by atoms with Gasteiger partial charge in [0.2, 0.25) is 6.29 Å². The Bertz CT molecular complexity index is 1240. The summed E-state index contributed by atoms with van der Waals surface area (Å²) < 4.78 is 43.3. The minimum Gasteiger partial charge on any atom is -0.459 e. The van der Waals surface area contributed by atoms with Crippen molar-refractivity contribution in [3.63, 3.8) is 0 Å². The summed E-state index contributed by atoms with van der Waals surface area (Å²) in [5.74, 6) is -2.47. The molecule has 3 aromatic rings. The van der Waals surface area contributed by atoms with Crippen LogP contribution >= 0.6 is 0 Å². The smallest absolute Gasteiger partial charge is 0.338 e. The van der Waals surface area contributed by atoms with Crippen LogP contribution in [0.15, 0.2) is 91.0 Å². The van der Waals surface area contributed by atoms with Crippen molar-refractivity contribution in [2.24, 2.45) is 0 Å². The fraction of sp³-hybridized carbons (Fsp3) is 0.276. The highest BCUT2D eigenvalue weighted by Gasteiger charge is 2.52. The summed E-state index contributed by atoms with van der Waals surface area (Å²) in [6.45, 7) is 0.698. The molecule has 0 radical (unpaired) electrons. The number of carbonyl (C=O) groups excluding carboxylic acids is 3. The minimum absolute atomic E-state index is 0.129. The first-order chi connectivity index (χ1) is 18.8. The van der Waals surface area contributed by atoms with Crippen LogP contribution in [0.3, 0.4) is 0 Å². The van der Waals surface area contributed by atoms with Crippen LogP contribution < -0.4 is 0 Å². The standard InChI is InChI=1S/C29H27FO9/c1-18(31)36-29-25(39-28(34)21-15-9-4-10-16-21)24(38-27(33)20-13-7-3-8-14-20)23(30)22(37-29)17-35-26(32)19-11-5-2-6-12-19/h2-16,18,22-25,29,31H,17H2,1H3. The topological polar surface area (TPSA) is 118 Å². The minimum atomic E-state index is -2.11. The van der Waals surface area contributed by atoms with Crippen LogP contribution in [0, 0.1) is 0 Å². The van der Waals surface area contributed by atoms with Crippen LogP contribution in [-0.4, -0.2) is 66.7 Å². The Morgan fingerprint density at radius 1 is 0.769 bits per heavy atom. The molecule has 6 unspecified atom stereocenters. The molecule has 1 N–H and O–H groups in total. The largest absolute Gasteiger partial charge is 0.459 e. The number of carbonyl (C=O) groups is 3. The van der Waals surface area contributed by atoms with Crippen LogP contribution in [0.5, 0.6) is 0 Å². The molecule has 4 rings (SSSR count). The van der Waals surface area contributed by atoms with Gasteiger partial charge < -0.3 is 28.8 Å². The van der Waals surface area contributed by atoms with Gasteiger partial charge in [0.25, 0.3) is 0 Å². The average Bonchev–Trinajstić information content (AvgIpc) is 2.96. The first kappa shape index (κ1) is 27.9. The maximum Gasteiger partial charge on any atom is 0.338 e. The van der Waals surface area contributed by atoms with Crippen molar-refractivity contribution >= 4 is 17.9 Å². The van der Waals surface area contributed by atoms with Crippen LogP contribution in [0.1, 0.15) is 38.0 Å². The van der Waals surface area contributed by atoms with Gasteiger partial charge in [-0.3, -0.25) is 0 Å². The quantitative estimate of drug-likeness (QED) is 0.247. The molecule has 0 spiro atoms. The van der Waals surface area contributed by atoms with Crippen LogP contribution in [-0.2, 0) is 23.7 Å². The number of benzene rings is 3. The van der Waals surface area contributed by atoms with Gasteiger partial charge in [-0.25, -0.2) is 18.8 Å². The molecule has 1 aliphatic rings. The molecule has 0 aliphatic carbocycles. The first-order valence-electron chi connectivity index (χ1n) is 12.2. The molecule has 10 heteroatoms. The van der Waals surface area contributed by atoms with Gasteiger partial charge in [-0.05, 0) is 43.3 Å². The molecule has 0 saturated carbocycles. The summed E-state index contributed by atoms with van der Waals surface area (Å²) in [4.78, 5) is 38.2. The Morgan fingerprint density at radius 3 is 1.67 bits per heavy atom. The van der Waals surface area contributed by atoms with Crippen LogP contribution in [0.2, 0.25) is 0 Å². The number of aliphatic hydroxyl groups excluding tert-OH is 1. The van der Waals surface area contributed by atoms with E-state index in [1.807, 2.05) is 0 Å². The molecule has 6 atom stereocenters. The fourth-order valence-corrected chi connectivity index (χ4v) is 3.91. The lowest BCUT2D eigenvalue weighted by molar-refractivity contribution is -0.319. The number of rotatable bonds is 9. The zero-order valence-electron chi connectivity index (χ0n) is 20.9. The third-order valence-electron chi connectivity index (χ3n) is 5.79. The summed E-state index contributed by atoms with van der Waals surface area (Å²) in [5, 5.41) is 9.91. The molecule has 1 heterocycles. The van der Waals surface area contributed by atoms with E-state index in [1.54, 1.807) is 54.6 Å². The lowest BCUT2D eigenvalue weighted by Crippen LogP contribution is -2.61. The number of hydrogen-bond donors (Lipinski definition) is 1. The van der Waals surface area contributed by atoms with Crippen molar-refractivity contribution in [2.45, 2.75) is 44.0 Å². The average molecular weight is 539 g/mol. The molecule has 0 amide bonds. The van der Waals surface area contributed by atoms with Crippen molar-refractivity contribution in [3.05, 3.63) is 108 Å². The highest BCUT2D eigenvalue weighted by atomic mass is 19.1. The van der Waals surface area contributed by atoms with Gasteiger partial charge in [-0.15, -0.1) is 0 Å². The second-order valence-corrected chi connectivity index (χ2v) is 8.66. The van der Waals surface area contributed by atoms with E-state index >= 15 is 4.39 Å². The molecule has 0 bridgehead atoms. The summed E-state index contributed by atoms with van der Waals surface area (Å²) in [7, 11) is 0. The zero-order chi connectivity index (χ0) is 27.8. The molecule has 9 nitrogen and oxygen atoms in total. The molecule has 3 aromatic carbocycles. The van der Waals surface area contributed by atoms with Gasteiger partial charge in [-0.2, -0.15) is 0 Å². The molecule has 1 saturated heterocycles. The summed E-state index contributed by atoms with van der Waals surface area (Å²) >= 11 is 0. The molecular formula is C29H27FO9. The third kappa shape index (κ3) is 7.26. The monoisotopic (exact) mass is 538 g/mol. The van der Waals surface area contributed by atoms with E-state index < -0.39 is 61.6 Å². The second kappa shape index (κ2) is 13.1. The number of esters is 3. The van der Waals surface area contributed by atoms with E-state index in [1.165, 1.54) is 43.3 Å². The predicted molar refractivity (Wildman–Crippen MR) is 134 cm³/mol. The Hall–Kier alpha value is -4.12. The fourth-order valence-electron chi connectivity index (χ4n) is 3.91. The van der Waals surface area contributed by atoms with Gasteiger partial charge in [0, 0.05) is 0 Å². The maximum absolute atomic E-state index is 16.0. The Morgan fingerprint density at radius 2 is 1.21 bits per heavy atom. The molecule has 39 heavy (non-hydrogen) atoms. The van der Waals surface area contributed by atoms with Crippen LogP contribution in [0.4, 0.5) is 4.39 Å². The third-order valence-corrected chi connectivity index (χ3v) is 5.79. The first-order valence-corrected chi connectivity index (χ1v) is 12.2. The van der Waals surface area contributed by atoms with Crippen molar-refractivity contribution < 1.29 is 47.6 Å². The van der Waals surface area contributed by atoms with E-state index in [0.717, 1.165) is 0 Å². The lowest BCUT2D eigenvalue weighted by atomic mass is 9.99. The van der Waals surface area contributed by atoms with Crippen molar-refractivity contribution in [1.82, 2.24) is 0 Å². The SMILES string of the molecule is CC(O)OC1OC(COC(=O)c2ccccc2)C(F)C(OC(=O)c2ccccc2)C1OC(=O)c1ccccc1. The molecule has 204 valence electrons. The summed E-state index contributed by atoms with van der Waals surface area (Å²) in [5.41, 5.74) is 0.516. The Labute approximate surface area is 224 Å². The van der Waals surface area contributed by atoms with Gasteiger partial charge >= 0.3 is 17.9 Å². The highest BCUT2D eigenvalue weighted by Crippen LogP contribution is 2.31. The molecule has 0 aromatic heterocycles. The Balaban J connectivity index is 1.60. The van der Waals surface area contributed by atoms with E-state index in [9.17, 15) is 19.5 Å². The zero-order valence-corrected chi connectivity index (χ0v) is 20.9. The molecule has 1 fully saturated rings. The predicted octanol–water partition coefficient (Wildman–Crippen LogP) is 3.71. The summed E-state index contributed by atoms with van der Waals surface area (Å²) in [6, 6.07) is 23.8. The maximum atomic E-state index is 16.0. The molecular weight excluding hydrogens is 511 g/mol. The van der Waals surface area contributed by atoms with E-state index in [-0.39, 0.29) is 16.7 Å². The number of halogens is 1. The Kier molecular flexibility index (Phi) is 9.37. The van der Waals surface area contributed by atoms with E-state index in [2.05, 4.69) is 0 Å². The van der Waals surface area contributed by atoms with Crippen LogP contribution in [0.25, 0.3) is 0 Å². The van der Waals surface area contributed by atoms with Gasteiger partial charge in [0.05, 0.1) is 16.7 Å². The number of ether oxygens (including phenoxy) is 5. The second-order valence-electron chi connectivity index (χ2n) is 8.66. The van der Waals surface area contributed by atoms with Crippen molar-refractivity contribution in [1.29, 1.82) is 0 Å². The van der Waals surface area contributed by atoms with E-state index in [4.69, 9.17) is 23.7 Å². The van der Waals surface area contributed by atoms with Crippen molar-refractivity contribution in [3.8, 4) is 0 Å².